The van der Waals surface area contributed by atoms with Crippen molar-refractivity contribution in [2.24, 2.45) is 0 Å². The molecule has 0 fully saturated rings. The van der Waals surface area contributed by atoms with E-state index in [1.54, 1.807) is 0 Å². The summed E-state index contributed by atoms with van der Waals surface area (Å²) < 4.78 is 0. The first kappa shape index (κ1) is 15.1. The number of benzene rings is 1. The van der Waals surface area contributed by atoms with Crippen LogP contribution >= 0.6 is 11.8 Å². The molecule has 1 aromatic carbocycles. The minimum atomic E-state index is 0.221. The molecule has 0 saturated heterocycles. The second-order valence-electron chi connectivity index (χ2n) is 5.42. The minimum absolute atomic E-state index is 0.221. The van der Waals surface area contributed by atoms with Crippen LogP contribution in [0.5, 0.6) is 0 Å². The van der Waals surface area contributed by atoms with Gasteiger partial charge >= 0.3 is 0 Å². The van der Waals surface area contributed by atoms with E-state index in [1.807, 2.05) is 17.8 Å². The molecule has 18 heavy (non-hydrogen) atoms. The molecule has 0 spiro atoms. The van der Waals surface area contributed by atoms with E-state index in [1.165, 1.54) is 16.7 Å². The van der Waals surface area contributed by atoms with E-state index in [0.717, 1.165) is 12.2 Å². The molecule has 0 aliphatic rings. The molecule has 0 amide bonds. The maximum absolute atomic E-state index is 3.84. The van der Waals surface area contributed by atoms with Crippen molar-refractivity contribution in [3.63, 3.8) is 0 Å². The van der Waals surface area contributed by atoms with E-state index in [2.05, 4.69) is 63.9 Å². The molecule has 0 aliphatic heterocycles. The molecule has 98 valence electrons. The molecule has 0 bridgehead atoms. The summed E-state index contributed by atoms with van der Waals surface area (Å²) in [7, 11) is 0. The highest BCUT2D eigenvalue weighted by Crippen LogP contribution is 2.27. The fourth-order valence-electron chi connectivity index (χ4n) is 1.76. The maximum atomic E-state index is 3.84. The SMILES string of the molecule is C=CC/C(=C/SCC)c1ccc(C(C)(C)C)cc1. The topological polar surface area (TPSA) is 0 Å². The van der Waals surface area contributed by atoms with Crippen LogP contribution in [0.3, 0.4) is 0 Å². The largest absolute Gasteiger partial charge is 0.134 e. The molecule has 1 rings (SSSR count). The molecule has 0 nitrogen and oxygen atoms in total. The van der Waals surface area contributed by atoms with E-state index in [9.17, 15) is 0 Å². The first-order valence-corrected chi connectivity index (χ1v) is 7.56. The van der Waals surface area contributed by atoms with Crippen LogP contribution in [-0.4, -0.2) is 5.75 Å². The number of hydrogen-bond acceptors (Lipinski definition) is 1. The van der Waals surface area contributed by atoms with Crippen molar-refractivity contribution in [3.05, 3.63) is 53.5 Å². The summed E-state index contributed by atoms with van der Waals surface area (Å²) in [6, 6.07) is 8.93. The standard InChI is InChI=1S/C17H24S/c1-6-8-15(13-18-7-2)14-9-11-16(12-10-14)17(3,4)5/h6,9-13H,1,7-8H2,2-5H3/b15-13-. The van der Waals surface area contributed by atoms with Gasteiger partial charge in [-0.3, -0.25) is 0 Å². The third kappa shape index (κ3) is 4.38. The smallest absolute Gasteiger partial charge is 0.00543 e. The Morgan fingerprint density at radius 3 is 2.28 bits per heavy atom. The summed E-state index contributed by atoms with van der Waals surface area (Å²) in [5, 5.41) is 2.26. The molecule has 0 aliphatic carbocycles. The van der Waals surface area contributed by atoms with Crippen molar-refractivity contribution in [2.75, 3.05) is 5.75 Å². The van der Waals surface area contributed by atoms with E-state index in [4.69, 9.17) is 0 Å². The van der Waals surface area contributed by atoms with E-state index < -0.39 is 0 Å². The first-order valence-electron chi connectivity index (χ1n) is 6.51. The Hall–Kier alpha value is -0.950. The van der Waals surface area contributed by atoms with E-state index in [-0.39, 0.29) is 5.41 Å². The Morgan fingerprint density at radius 2 is 1.83 bits per heavy atom. The van der Waals surface area contributed by atoms with Gasteiger partial charge in [0, 0.05) is 0 Å². The highest BCUT2D eigenvalue weighted by atomic mass is 32.2. The summed E-state index contributed by atoms with van der Waals surface area (Å²) in [5.74, 6) is 1.11. The van der Waals surface area contributed by atoms with Gasteiger partial charge in [-0.2, -0.15) is 0 Å². The van der Waals surface area contributed by atoms with Gasteiger partial charge in [-0.15, -0.1) is 18.3 Å². The second kappa shape index (κ2) is 6.84. The Kier molecular flexibility index (Phi) is 5.74. The molecular formula is C17H24S. The normalized spacial score (nSPS) is 12.6. The van der Waals surface area contributed by atoms with Crippen molar-refractivity contribution < 1.29 is 0 Å². The molecule has 0 heterocycles. The Bertz CT molecular complexity index is 404. The first-order chi connectivity index (χ1) is 8.49. The number of hydrogen-bond donors (Lipinski definition) is 0. The van der Waals surface area contributed by atoms with E-state index >= 15 is 0 Å². The summed E-state index contributed by atoms with van der Waals surface area (Å²) in [5.41, 5.74) is 4.27. The number of thioether (sulfide) groups is 1. The molecular weight excluding hydrogens is 236 g/mol. The average molecular weight is 260 g/mol. The van der Waals surface area contributed by atoms with Crippen LogP contribution in [0, 0.1) is 0 Å². The zero-order chi connectivity index (χ0) is 13.6. The monoisotopic (exact) mass is 260 g/mol. The molecule has 0 saturated carbocycles. The van der Waals surface area contributed by atoms with Crippen molar-refractivity contribution >= 4 is 17.3 Å². The second-order valence-corrected chi connectivity index (χ2v) is 6.56. The van der Waals surface area contributed by atoms with Crippen molar-refractivity contribution in [2.45, 2.75) is 39.5 Å². The summed E-state index contributed by atoms with van der Waals surface area (Å²) >= 11 is 1.85. The van der Waals surface area contributed by atoms with Crippen LogP contribution in [-0.2, 0) is 5.41 Å². The van der Waals surface area contributed by atoms with Crippen molar-refractivity contribution in [1.82, 2.24) is 0 Å². The van der Waals surface area contributed by atoms with Crippen LogP contribution in [0.4, 0.5) is 0 Å². The Labute approximate surface area is 116 Å². The van der Waals surface area contributed by atoms with Gasteiger partial charge < -0.3 is 0 Å². The highest BCUT2D eigenvalue weighted by Gasteiger charge is 2.13. The van der Waals surface area contributed by atoms with E-state index in [0.29, 0.717) is 0 Å². The summed E-state index contributed by atoms with van der Waals surface area (Å²) in [4.78, 5) is 0. The van der Waals surface area contributed by atoms with Crippen LogP contribution in [0.15, 0.2) is 42.3 Å². The van der Waals surface area contributed by atoms with Gasteiger partial charge in [-0.05, 0) is 39.7 Å². The fourth-order valence-corrected chi connectivity index (χ4v) is 2.36. The van der Waals surface area contributed by atoms with Gasteiger partial charge in [-0.25, -0.2) is 0 Å². The quantitative estimate of drug-likeness (QED) is 0.616. The molecule has 0 atom stereocenters. The van der Waals surface area contributed by atoms with Gasteiger partial charge in [-0.1, -0.05) is 58.0 Å². The lowest BCUT2D eigenvalue weighted by molar-refractivity contribution is 0.590. The van der Waals surface area contributed by atoms with Gasteiger partial charge in [0.15, 0.2) is 0 Å². The van der Waals surface area contributed by atoms with Gasteiger partial charge in [0.2, 0.25) is 0 Å². The lowest BCUT2D eigenvalue weighted by Crippen LogP contribution is -2.10. The molecule has 1 aromatic rings. The van der Waals surface area contributed by atoms with Crippen LogP contribution in [0.1, 0.15) is 45.2 Å². The molecule has 0 radical (unpaired) electrons. The Balaban J connectivity index is 2.97. The van der Waals surface area contributed by atoms with Gasteiger partial charge in [0.1, 0.15) is 0 Å². The molecule has 0 N–H and O–H groups in total. The molecule has 0 unspecified atom stereocenters. The zero-order valence-electron chi connectivity index (χ0n) is 12.0. The lowest BCUT2D eigenvalue weighted by atomic mass is 9.86. The lowest BCUT2D eigenvalue weighted by Gasteiger charge is -2.19. The van der Waals surface area contributed by atoms with Crippen LogP contribution in [0.2, 0.25) is 0 Å². The molecule has 0 aromatic heterocycles. The predicted molar refractivity (Wildman–Crippen MR) is 86.1 cm³/mol. The van der Waals surface area contributed by atoms with Crippen LogP contribution in [0.25, 0.3) is 5.57 Å². The molecule has 1 heteroatoms. The number of allylic oxidation sites excluding steroid dienone is 2. The predicted octanol–water partition coefficient (Wildman–Crippen LogP) is 5.65. The minimum Gasteiger partial charge on any atom is -0.134 e. The summed E-state index contributed by atoms with van der Waals surface area (Å²) in [6.45, 7) is 12.8. The van der Waals surface area contributed by atoms with Crippen molar-refractivity contribution in [3.8, 4) is 0 Å². The number of rotatable bonds is 5. The maximum Gasteiger partial charge on any atom is -0.00543 e. The zero-order valence-corrected chi connectivity index (χ0v) is 12.8. The van der Waals surface area contributed by atoms with Crippen LogP contribution < -0.4 is 0 Å². The summed E-state index contributed by atoms with van der Waals surface area (Å²) in [6.07, 6.45) is 2.90. The third-order valence-electron chi connectivity index (χ3n) is 2.88. The Morgan fingerprint density at radius 1 is 1.22 bits per heavy atom. The van der Waals surface area contributed by atoms with Gasteiger partial charge in [0.25, 0.3) is 0 Å². The third-order valence-corrected chi connectivity index (χ3v) is 3.66. The average Bonchev–Trinajstić information content (AvgIpc) is 2.33. The fraction of sp³-hybridized carbons (Fsp3) is 0.412. The van der Waals surface area contributed by atoms with Crippen molar-refractivity contribution in [1.29, 1.82) is 0 Å². The highest BCUT2D eigenvalue weighted by molar-refractivity contribution is 8.02. The van der Waals surface area contributed by atoms with Gasteiger partial charge in [0.05, 0.1) is 0 Å².